The van der Waals surface area contributed by atoms with Crippen LogP contribution in [0.25, 0.3) is 10.9 Å². The Morgan fingerprint density at radius 2 is 1.85 bits per heavy atom. The van der Waals surface area contributed by atoms with E-state index in [1.165, 1.54) is 0 Å². The second kappa shape index (κ2) is 9.72. The van der Waals surface area contributed by atoms with Gasteiger partial charge in [-0.05, 0) is 35.2 Å². The van der Waals surface area contributed by atoms with Gasteiger partial charge in [0, 0.05) is 37.5 Å². The predicted octanol–water partition coefficient (Wildman–Crippen LogP) is 3.88. The number of pyridine rings is 1. The number of benzene rings is 2. The topological polar surface area (TPSA) is 88.6 Å². The number of sulfonamides is 1. The molecule has 8 heteroatoms. The Morgan fingerprint density at radius 1 is 1.12 bits per heavy atom. The molecule has 1 aliphatic rings. The molecule has 1 N–H and O–H groups in total. The van der Waals surface area contributed by atoms with Crippen LogP contribution in [0.3, 0.4) is 0 Å². The van der Waals surface area contributed by atoms with E-state index in [1.807, 2.05) is 42.5 Å². The number of hydrogen-bond donors (Lipinski definition) is 1. The van der Waals surface area contributed by atoms with Gasteiger partial charge in [0.05, 0.1) is 11.4 Å². The Hall–Kier alpha value is -2.97. The van der Waals surface area contributed by atoms with Crippen molar-refractivity contribution in [3.05, 3.63) is 66.4 Å². The van der Waals surface area contributed by atoms with E-state index in [4.69, 9.17) is 4.74 Å². The van der Waals surface area contributed by atoms with Crippen LogP contribution in [0, 0.1) is 0 Å². The average Bonchev–Trinajstić information content (AvgIpc) is 3.27. The zero-order chi connectivity index (χ0) is 24.3. The lowest BCUT2D eigenvalue weighted by Gasteiger charge is -2.19. The van der Waals surface area contributed by atoms with Gasteiger partial charge in [-0.25, -0.2) is 13.1 Å². The van der Waals surface area contributed by atoms with E-state index >= 15 is 0 Å². The number of carbonyl (C=O) groups excluding carboxylic acids is 1. The molecule has 1 unspecified atom stereocenters. The van der Waals surface area contributed by atoms with Gasteiger partial charge in [-0.3, -0.25) is 9.78 Å². The first-order chi connectivity index (χ1) is 16.1. The molecule has 0 radical (unpaired) electrons. The number of carbonyl (C=O) groups is 1. The largest absolute Gasteiger partial charge is 0.486 e. The van der Waals surface area contributed by atoms with Crippen LogP contribution >= 0.6 is 0 Å². The summed E-state index contributed by atoms with van der Waals surface area (Å²) < 4.78 is 33.9. The van der Waals surface area contributed by atoms with Crippen LogP contribution in [0.2, 0.25) is 0 Å². The second-order valence-electron chi connectivity index (χ2n) is 9.62. The van der Waals surface area contributed by atoms with Crippen LogP contribution in [-0.4, -0.2) is 49.9 Å². The Morgan fingerprint density at radius 3 is 2.59 bits per heavy atom. The zero-order valence-electron chi connectivity index (χ0n) is 19.8. The molecular weight excluding hydrogens is 450 g/mol. The number of hydrogen-bond acceptors (Lipinski definition) is 5. The van der Waals surface area contributed by atoms with Gasteiger partial charge in [0.15, 0.2) is 0 Å². The third-order valence-corrected chi connectivity index (χ3v) is 7.53. The number of aromatic nitrogens is 1. The second-order valence-corrected chi connectivity index (χ2v) is 11.4. The van der Waals surface area contributed by atoms with Crippen molar-refractivity contribution in [3.63, 3.8) is 0 Å². The highest BCUT2D eigenvalue weighted by Gasteiger charge is 2.28. The van der Waals surface area contributed by atoms with Gasteiger partial charge in [-0.1, -0.05) is 51.1 Å². The molecule has 0 saturated carbocycles. The van der Waals surface area contributed by atoms with Gasteiger partial charge in [-0.15, -0.1) is 0 Å². The van der Waals surface area contributed by atoms with Crippen LogP contribution in [0.5, 0.6) is 5.75 Å². The third kappa shape index (κ3) is 5.56. The molecular formula is C26H31N3O4S. The van der Waals surface area contributed by atoms with Crippen LogP contribution in [0.4, 0.5) is 0 Å². The lowest BCUT2D eigenvalue weighted by Crippen LogP contribution is -2.34. The molecule has 2 heterocycles. The molecule has 34 heavy (non-hydrogen) atoms. The molecule has 180 valence electrons. The zero-order valence-corrected chi connectivity index (χ0v) is 20.6. The minimum atomic E-state index is -3.67. The lowest BCUT2D eigenvalue weighted by atomic mass is 9.87. The lowest BCUT2D eigenvalue weighted by molar-refractivity contribution is -0.130. The normalized spacial score (nSPS) is 16.7. The molecule has 4 rings (SSSR count). The number of ether oxygens (including phenoxy) is 1. The molecule has 0 aliphatic carbocycles. The molecule has 1 amide bonds. The van der Waals surface area contributed by atoms with E-state index in [-0.39, 0.29) is 35.3 Å². The van der Waals surface area contributed by atoms with E-state index in [0.29, 0.717) is 18.8 Å². The Bertz CT molecular complexity index is 1260. The fraction of sp³-hybridized carbons (Fsp3) is 0.385. The molecule has 1 aliphatic heterocycles. The monoisotopic (exact) mass is 481 g/mol. The highest BCUT2D eigenvalue weighted by atomic mass is 32.2. The summed E-state index contributed by atoms with van der Waals surface area (Å²) in [6.07, 6.45) is 2.44. The van der Waals surface area contributed by atoms with Gasteiger partial charge in [0.1, 0.15) is 17.4 Å². The molecule has 1 aromatic heterocycles. The van der Waals surface area contributed by atoms with Crippen LogP contribution in [0.1, 0.15) is 39.2 Å². The summed E-state index contributed by atoms with van der Waals surface area (Å²) >= 11 is 0. The summed E-state index contributed by atoms with van der Waals surface area (Å²) in [7, 11) is -3.67. The maximum absolute atomic E-state index is 12.7. The number of likely N-dealkylation sites (tertiary alicyclic amines) is 1. The first-order valence-electron chi connectivity index (χ1n) is 11.5. The Labute approximate surface area is 201 Å². The number of rotatable bonds is 7. The Kier molecular flexibility index (Phi) is 6.91. The summed E-state index contributed by atoms with van der Waals surface area (Å²) in [6.45, 7) is 7.34. The number of nitrogens with zero attached hydrogens (tertiary/aromatic N) is 2. The van der Waals surface area contributed by atoms with Crippen molar-refractivity contribution in [2.24, 2.45) is 0 Å². The summed E-state index contributed by atoms with van der Waals surface area (Å²) in [5.74, 6) is 0.621. The van der Waals surface area contributed by atoms with E-state index in [1.54, 1.807) is 23.2 Å². The molecule has 1 atom stereocenters. The minimum Gasteiger partial charge on any atom is -0.486 e. The number of amides is 1. The van der Waals surface area contributed by atoms with Crippen molar-refractivity contribution in [2.75, 3.05) is 19.6 Å². The highest BCUT2D eigenvalue weighted by Crippen LogP contribution is 2.26. The quantitative estimate of drug-likeness (QED) is 0.553. The summed E-state index contributed by atoms with van der Waals surface area (Å²) in [5.41, 5.74) is 1.82. The van der Waals surface area contributed by atoms with Gasteiger partial charge >= 0.3 is 0 Å². The number of para-hydroxylation sites is 1. The maximum atomic E-state index is 12.7. The van der Waals surface area contributed by atoms with E-state index < -0.39 is 10.0 Å². The van der Waals surface area contributed by atoms with Gasteiger partial charge in [-0.2, -0.15) is 0 Å². The standard InChI is InChI=1S/C26H31N3O4S/c1-26(2,3)20-9-11-22(12-10-20)34(31,32)28-16-13-24(30)29-17-14-21(18-29)33-23-8-4-6-19-7-5-15-27-25(19)23/h4-12,15,21,28H,13-14,16-18H2,1-3H3. The molecule has 0 spiro atoms. The minimum absolute atomic E-state index is 0.0520. The predicted molar refractivity (Wildman–Crippen MR) is 132 cm³/mol. The van der Waals surface area contributed by atoms with E-state index in [9.17, 15) is 13.2 Å². The summed E-state index contributed by atoms with van der Waals surface area (Å²) in [4.78, 5) is 19.0. The highest BCUT2D eigenvalue weighted by molar-refractivity contribution is 7.89. The van der Waals surface area contributed by atoms with Crippen molar-refractivity contribution in [2.45, 2.75) is 50.0 Å². The SMILES string of the molecule is CC(C)(C)c1ccc(S(=O)(=O)NCCC(=O)N2CCC(Oc3cccc4cccnc34)C2)cc1. The van der Waals surface area contributed by atoms with Crippen LogP contribution in [0.15, 0.2) is 65.7 Å². The fourth-order valence-electron chi connectivity index (χ4n) is 4.07. The number of nitrogens with one attached hydrogen (secondary N) is 1. The maximum Gasteiger partial charge on any atom is 0.240 e. The van der Waals surface area contributed by atoms with Crippen molar-refractivity contribution >= 4 is 26.8 Å². The van der Waals surface area contributed by atoms with Crippen LogP contribution in [-0.2, 0) is 20.2 Å². The van der Waals surface area contributed by atoms with E-state index in [0.717, 1.165) is 22.9 Å². The average molecular weight is 482 g/mol. The molecule has 0 bridgehead atoms. The van der Waals surface area contributed by atoms with Crippen molar-refractivity contribution in [3.8, 4) is 5.75 Å². The molecule has 2 aromatic carbocycles. The smallest absolute Gasteiger partial charge is 0.240 e. The fourth-order valence-corrected chi connectivity index (χ4v) is 5.10. The van der Waals surface area contributed by atoms with Crippen molar-refractivity contribution in [1.29, 1.82) is 0 Å². The van der Waals surface area contributed by atoms with Gasteiger partial charge in [0.2, 0.25) is 15.9 Å². The first kappa shape index (κ1) is 24.2. The van der Waals surface area contributed by atoms with E-state index in [2.05, 4.69) is 30.5 Å². The molecule has 7 nitrogen and oxygen atoms in total. The summed E-state index contributed by atoms with van der Waals surface area (Å²) in [6, 6.07) is 16.6. The van der Waals surface area contributed by atoms with Crippen molar-refractivity contribution in [1.82, 2.24) is 14.6 Å². The summed E-state index contributed by atoms with van der Waals surface area (Å²) in [5, 5.41) is 1.01. The first-order valence-corrected chi connectivity index (χ1v) is 13.0. The van der Waals surface area contributed by atoms with Gasteiger partial charge < -0.3 is 9.64 Å². The van der Waals surface area contributed by atoms with Crippen molar-refractivity contribution < 1.29 is 17.9 Å². The van der Waals surface area contributed by atoms with Gasteiger partial charge in [0.25, 0.3) is 0 Å². The molecule has 1 fully saturated rings. The Balaban J connectivity index is 1.28. The number of fused-ring (bicyclic) bond motifs is 1. The third-order valence-electron chi connectivity index (χ3n) is 6.05. The van der Waals surface area contributed by atoms with Crippen LogP contribution < -0.4 is 9.46 Å². The molecule has 3 aromatic rings. The molecule has 1 saturated heterocycles.